The molecule has 0 bridgehead atoms. The van der Waals surface area contributed by atoms with E-state index in [9.17, 15) is 22.8 Å². The molecule has 2 aromatic carbocycles. The minimum absolute atomic E-state index is 0.0528. The molecule has 0 aliphatic carbocycles. The normalized spacial score (nSPS) is 16.6. The summed E-state index contributed by atoms with van der Waals surface area (Å²) in [4.78, 5) is 26.2. The van der Waals surface area contributed by atoms with E-state index >= 15 is 0 Å². The predicted octanol–water partition coefficient (Wildman–Crippen LogP) is 6.39. The van der Waals surface area contributed by atoms with Gasteiger partial charge in [0.15, 0.2) is 0 Å². The Morgan fingerprint density at radius 3 is 2.55 bits per heavy atom. The third-order valence-electron chi connectivity index (χ3n) is 5.05. The standard InChI is InChI=1S/C23H25F3N2O2S/c1-2-3-4-5-9-20(29)27-18-8-6-7-16(14-18)22-28(21(30)15-31-22)19-12-10-17(11-13-19)23(24,25)26/h6-8,10-14,22H,2-5,9,15H2,1H3,(H,27,29). The number of hydrogen-bond acceptors (Lipinski definition) is 3. The van der Waals surface area contributed by atoms with Crippen LogP contribution in [0.25, 0.3) is 0 Å². The van der Waals surface area contributed by atoms with Gasteiger partial charge in [-0.2, -0.15) is 13.2 Å². The number of alkyl halides is 3. The Morgan fingerprint density at radius 2 is 1.87 bits per heavy atom. The lowest BCUT2D eigenvalue weighted by atomic mass is 10.1. The minimum Gasteiger partial charge on any atom is -0.326 e. The van der Waals surface area contributed by atoms with Gasteiger partial charge >= 0.3 is 6.18 Å². The van der Waals surface area contributed by atoms with E-state index in [1.165, 1.54) is 28.8 Å². The number of thioether (sulfide) groups is 1. The molecule has 3 rings (SSSR count). The van der Waals surface area contributed by atoms with E-state index in [2.05, 4.69) is 12.2 Å². The maximum Gasteiger partial charge on any atom is 0.416 e. The maximum absolute atomic E-state index is 12.9. The maximum atomic E-state index is 12.9. The van der Waals surface area contributed by atoms with Gasteiger partial charge in [0.25, 0.3) is 0 Å². The van der Waals surface area contributed by atoms with Crippen LogP contribution in [0, 0.1) is 0 Å². The van der Waals surface area contributed by atoms with E-state index in [0.717, 1.165) is 43.4 Å². The van der Waals surface area contributed by atoms with Crippen molar-refractivity contribution in [2.24, 2.45) is 0 Å². The van der Waals surface area contributed by atoms with Crippen molar-refractivity contribution in [3.8, 4) is 0 Å². The highest BCUT2D eigenvalue weighted by molar-refractivity contribution is 8.00. The first-order chi connectivity index (χ1) is 14.8. The third-order valence-corrected chi connectivity index (χ3v) is 6.27. The molecule has 4 nitrogen and oxygen atoms in total. The summed E-state index contributed by atoms with van der Waals surface area (Å²) in [7, 11) is 0. The summed E-state index contributed by atoms with van der Waals surface area (Å²) >= 11 is 1.40. The smallest absolute Gasteiger partial charge is 0.326 e. The molecule has 0 radical (unpaired) electrons. The topological polar surface area (TPSA) is 49.4 Å². The second kappa shape index (κ2) is 10.2. The van der Waals surface area contributed by atoms with E-state index in [1.54, 1.807) is 12.1 Å². The van der Waals surface area contributed by atoms with Crippen molar-refractivity contribution < 1.29 is 22.8 Å². The van der Waals surface area contributed by atoms with Gasteiger partial charge in [-0.1, -0.05) is 38.3 Å². The Balaban J connectivity index is 1.73. The Bertz CT molecular complexity index is 916. The van der Waals surface area contributed by atoms with Crippen LogP contribution >= 0.6 is 11.8 Å². The molecule has 166 valence electrons. The second-order valence-corrected chi connectivity index (χ2v) is 8.52. The number of nitrogens with zero attached hydrogens (tertiary/aromatic N) is 1. The molecule has 2 aromatic rings. The van der Waals surface area contributed by atoms with E-state index < -0.39 is 11.7 Å². The van der Waals surface area contributed by atoms with Crippen LogP contribution < -0.4 is 10.2 Å². The summed E-state index contributed by atoms with van der Waals surface area (Å²) in [5.41, 5.74) is 1.11. The van der Waals surface area contributed by atoms with Gasteiger partial charge in [-0.25, -0.2) is 0 Å². The molecular formula is C23H25F3N2O2S. The molecule has 1 aliphatic heterocycles. The van der Waals surface area contributed by atoms with E-state index in [0.29, 0.717) is 17.8 Å². The van der Waals surface area contributed by atoms with Crippen LogP contribution in [-0.2, 0) is 15.8 Å². The van der Waals surface area contributed by atoms with Crippen LogP contribution in [0.5, 0.6) is 0 Å². The molecular weight excluding hydrogens is 425 g/mol. The summed E-state index contributed by atoms with van der Waals surface area (Å²) in [5.74, 6) is 0.0165. The molecule has 1 aliphatic rings. The Labute approximate surface area is 184 Å². The number of halogens is 3. The fourth-order valence-corrected chi connectivity index (χ4v) is 4.63. The summed E-state index contributed by atoms with van der Waals surface area (Å²) in [6.07, 6.45) is 0.108. The molecule has 0 aromatic heterocycles. The van der Waals surface area contributed by atoms with Gasteiger partial charge in [-0.05, 0) is 48.4 Å². The average Bonchev–Trinajstić information content (AvgIpc) is 3.12. The fourth-order valence-electron chi connectivity index (χ4n) is 3.47. The predicted molar refractivity (Wildman–Crippen MR) is 118 cm³/mol. The van der Waals surface area contributed by atoms with Crippen LogP contribution in [-0.4, -0.2) is 17.6 Å². The van der Waals surface area contributed by atoms with Gasteiger partial charge in [0.1, 0.15) is 5.37 Å². The van der Waals surface area contributed by atoms with E-state index in [1.807, 2.05) is 12.1 Å². The molecule has 2 amide bonds. The van der Waals surface area contributed by atoms with Crippen LogP contribution in [0.2, 0.25) is 0 Å². The number of nitrogens with one attached hydrogen (secondary N) is 1. The van der Waals surface area contributed by atoms with Crippen LogP contribution in [0.4, 0.5) is 24.5 Å². The lowest BCUT2D eigenvalue weighted by molar-refractivity contribution is -0.137. The number of anilines is 2. The van der Waals surface area contributed by atoms with Crippen molar-refractivity contribution in [1.82, 2.24) is 0 Å². The number of carbonyl (C=O) groups is 2. The monoisotopic (exact) mass is 450 g/mol. The van der Waals surface area contributed by atoms with E-state index in [-0.39, 0.29) is 22.9 Å². The largest absolute Gasteiger partial charge is 0.416 e. The van der Waals surface area contributed by atoms with Crippen molar-refractivity contribution in [1.29, 1.82) is 0 Å². The number of benzene rings is 2. The Hall–Kier alpha value is -2.48. The van der Waals surface area contributed by atoms with Gasteiger partial charge in [0.2, 0.25) is 11.8 Å². The van der Waals surface area contributed by atoms with Crippen LogP contribution in [0.1, 0.15) is 55.5 Å². The van der Waals surface area contributed by atoms with Crippen LogP contribution in [0.15, 0.2) is 48.5 Å². The summed E-state index contributed by atoms with van der Waals surface area (Å²) in [6, 6.07) is 11.9. The van der Waals surface area contributed by atoms with Gasteiger partial charge in [-0.15, -0.1) is 11.8 Å². The highest BCUT2D eigenvalue weighted by Crippen LogP contribution is 2.43. The quantitative estimate of drug-likeness (QED) is 0.474. The highest BCUT2D eigenvalue weighted by atomic mass is 32.2. The number of hydrogen-bond donors (Lipinski definition) is 1. The molecule has 8 heteroatoms. The van der Waals surface area contributed by atoms with Crippen molar-refractivity contribution >= 4 is 35.0 Å². The second-order valence-electron chi connectivity index (χ2n) is 7.46. The lowest BCUT2D eigenvalue weighted by Crippen LogP contribution is -2.28. The average molecular weight is 451 g/mol. The zero-order valence-electron chi connectivity index (χ0n) is 17.2. The molecule has 1 atom stereocenters. The number of rotatable bonds is 8. The summed E-state index contributed by atoms with van der Waals surface area (Å²) < 4.78 is 38.6. The Kier molecular flexibility index (Phi) is 7.64. The number of unbranched alkanes of at least 4 members (excludes halogenated alkanes) is 3. The SMILES string of the molecule is CCCCCCC(=O)Nc1cccc(C2SCC(=O)N2c2ccc(C(F)(F)F)cc2)c1. The lowest BCUT2D eigenvalue weighted by Gasteiger charge is -2.25. The first kappa shape index (κ1) is 23.2. The fraction of sp³-hybridized carbons (Fsp3) is 0.391. The summed E-state index contributed by atoms with van der Waals surface area (Å²) in [5, 5.41) is 2.53. The molecule has 31 heavy (non-hydrogen) atoms. The van der Waals surface area contributed by atoms with Gasteiger partial charge in [-0.3, -0.25) is 14.5 Å². The zero-order valence-corrected chi connectivity index (χ0v) is 18.1. The van der Waals surface area contributed by atoms with Crippen molar-refractivity contribution in [2.75, 3.05) is 16.0 Å². The zero-order chi connectivity index (χ0) is 22.4. The molecule has 1 heterocycles. The summed E-state index contributed by atoms with van der Waals surface area (Å²) in [6.45, 7) is 2.12. The van der Waals surface area contributed by atoms with Crippen molar-refractivity contribution in [2.45, 2.75) is 50.6 Å². The first-order valence-corrected chi connectivity index (χ1v) is 11.3. The molecule has 1 fully saturated rings. The van der Waals surface area contributed by atoms with Gasteiger partial charge in [0.05, 0.1) is 11.3 Å². The number of carbonyl (C=O) groups excluding carboxylic acids is 2. The van der Waals surface area contributed by atoms with Gasteiger partial charge in [0, 0.05) is 17.8 Å². The van der Waals surface area contributed by atoms with Crippen LogP contribution in [0.3, 0.4) is 0 Å². The molecule has 0 saturated carbocycles. The molecule has 1 N–H and O–H groups in total. The Morgan fingerprint density at radius 1 is 1.13 bits per heavy atom. The molecule has 1 saturated heterocycles. The third kappa shape index (κ3) is 6.03. The highest BCUT2D eigenvalue weighted by Gasteiger charge is 2.35. The minimum atomic E-state index is -4.43. The van der Waals surface area contributed by atoms with Crippen molar-refractivity contribution in [3.63, 3.8) is 0 Å². The van der Waals surface area contributed by atoms with Crippen molar-refractivity contribution in [3.05, 3.63) is 59.7 Å². The molecule has 0 spiro atoms. The van der Waals surface area contributed by atoms with Gasteiger partial charge < -0.3 is 5.32 Å². The first-order valence-electron chi connectivity index (χ1n) is 10.3. The number of amides is 2. The molecule has 1 unspecified atom stereocenters. The van der Waals surface area contributed by atoms with E-state index in [4.69, 9.17) is 0 Å².